The van der Waals surface area contributed by atoms with E-state index in [1.807, 2.05) is 26.0 Å². The van der Waals surface area contributed by atoms with Gasteiger partial charge in [0.15, 0.2) is 6.10 Å². The second kappa shape index (κ2) is 7.65. The Labute approximate surface area is 145 Å². The van der Waals surface area contributed by atoms with Crippen LogP contribution in [0.3, 0.4) is 0 Å². The lowest BCUT2D eigenvalue weighted by Gasteiger charge is -2.18. The van der Waals surface area contributed by atoms with E-state index >= 15 is 0 Å². The number of nitro groups is 1. The molecular formula is C18H20N2O5. The maximum absolute atomic E-state index is 12.4. The van der Waals surface area contributed by atoms with Crippen LogP contribution in [-0.4, -0.2) is 24.0 Å². The van der Waals surface area contributed by atoms with Crippen molar-refractivity contribution in [1.82, 2.24) is 0 Å². The predicted octanol–water partition coefficient (Wildman–Crippen LogP) is 3.63. The Morgan fingerprint density at radius 1 is 1.20 bits per heavy atom. The highest BCUT2D eigenvalue weighted by molar-refractivity contribution is 5.95. The number of ether oxygens (including phenoxy) is 2. The van der Waals surface area contributed by atoms with Crippen LogP contribution in [0.2, 0.25) is 0 Å². The summed E-state index contributed by atoms with van der Waals surface area (Å²) in [6.07, 6.45) is -0.788. The lowest BCUT2D eigenvalue weighted by atomic mass is 10.1. The van der Waals surface area contributed by atoms with Gasteiger partial charge in [-0.3, -0.25) is 14.9 Å². The molecule has 0 fully saturated rings. The van der Waals surface area contributed by atoms with Crippen LogP contribution in [0.1, 0.15) is 18.1 Å². The summed E-state index contributed by atoms with van der Waals surface area (Å²) in [5, 5.41) is 13.5. The summed E-state index contributed by atoms with van der Waals surface area (Å²) in [6, 6.07) is 9.60. The molecule has 0 spiro atoms. The van der Waals surface area contributed by atoms with Crippen LogP contribution in [0.15, 0.2) is 36.4 Å². The molecule has 132 valence electrons. The lowest BCUT2D eigenvalue weighted by molar-refractivity contribution is -0.384. The minimum absolute atomic E-state index is 0.140. The number of methoxy groups -OCH3 is 1. The standard InChI is InChI=1S/C18H20N2O5/c1-11-6-5-7-16(12(11)2)25-13(3)18(21)19-15-10-14(20(22)23)8-9-17(15)24-4/h5-10,13H,1-4H3,(H,19,21)/t13-/m1/s1. The van der Waals surface area contributed by atoms with Gasteiger partial charge in [0, 0.05) is 12.1 Å². The van der Waals surface area contributed by atoms with Crippen LogP contribution in [0.25, 0.3) is 0 Å². The second-order valence-corrected chi connectivity index (χ2v) is 5.59. The van der Waals surface area contributed by atoms with Crippen molar-refractivity contribution in [2.75, 3.05) is 12.4 Å². The van der Waals surface area contributed by atoms with Crippen LogP contribution in [0.5, 0.6) is 11.5 Å². The number of benzene rings is 2. The van der Waals surface area contributed by atoms with Crippen LogP contribution in [-0.2, 0) is 4.79 Å². The summed E-state index contributed by atoms with van der Waals surface area (Å²) in [5.74, 6) is 0.520. The number of hydrogen-bond acceptors (Lipinski definition) is 5. The normalized spacial score (nSPS) is 11.5. The molecule has 0 saturated heterocycles. The highest BCUT2D eigenvalue weighted by Gasteiger charge is 2.19. The Kier molecular flexibility index (Phi) is 5.59. The SMILES string of the molecule is COc1ccc([N+](=O)[O-])cc1NC(=O)[C@@H](C)Oc1cccc(C)c1C. The summed E-state index contributed by atoms with van der Waals surface area (Å²) >= 11 is 0. The fourth-order valence-corrected chi connectivity index (χ4v) is 2.24. The zero-order valence-corrected chi connectivity index (χ0v) is 14.5. The van der Waals surface area contributed by atoms with Gasteiger partial charge in [0.25, 0.3) is 11.6 Å². The maximum Gasteiger partial charge on any atom is 0.271 e. The third-order valence-electron chi connectivity index (χ3n) is 3.88. The van der Waals surface area contributed by atoms with Gasteiger partial charge in [-0.25, -0.2) is 0 Å². The maximum atomic E-state index is 12.4. The third kappa shape index (κ3) is 4.26. The van der Waals surface area contributed by atoms with Crippen molar-refractivity contribution in [3.63, 3.8) is 0 Å². The quantitative estimate of drug-likeness (QED) is 0.638. The van der Waals surface area contributed by atoms with Crippen LogP contribution in [0.4, 0.5) is 11.4 Å². The fraction of sp³-hybridized carbons (Fsp3) is 0.278. The van der Waals surface area contributed by atoms with Crippen LogP contribution >= 0.6 is 0 Å². The number of carbonyl (C=O) groups excluding carboxylic acids is 1. The molecule has 0 aliphatic rings. The van der Waals surface area contributed by atoms with Crippen molar-refractivity contribution in [1.29, 1.82) is 0 Å². The zero-order valence-electron chi connectivity index (χ0n) is 14.5. The Balaban J connectivity index is 2.17. The molecule has 7 heteroatoms. The van der Waals surface area contributed by atoms with Gasteiger partial charge in [-0.1, -0.05) is 12.1 Å². The van der Waals surface area contributed by atoms with Crippen molar-refractivity contribution in [3.05, 3.63) is 57.6 Å². The Hall–Kier alpha value is -3.09. The summed E-state index contributed by atoms with van der Waals surface area (Å²) in [7, 11) is 1.42. The minimum Gasteiger partial charge on any atom is -0.495 e. The van der Waals surface area contributed by atoms with E-state index in [2.05, 4.69) is 5.32 Å². The summed E-state index contributed by atoms with van der Waals surface area (Å²) in [6.45, 7) is 5.49. The number of amides is 1. The summed E-state index contributed by atoms with van der Waals surface area (Å²) in [4.78, 5) is 22.8. The number of hydrogen-bond donors (Lipinski definition) is 1. The molecule has 1 N–H and O–H groups in total. The molecule has 0 heterocycles. The van der Waals surface area contributed by atoms with Gasteiger partial charge >= 0.3 is 0 Å². The van der Waals surface area contributed by atoms with Gasteiger partial charge in [0.05, 0.1) is 17.7 Å². The summed E-state index contributed by atoms with van der Waals surface area (Å²) in [5.41, 5.74) is 2.10. The topological polar surface area (TPSA) is 90.7 Å². The van der Waals surface area contributed by atoms with E-state index in [-0.39, 0.29) is 11.4 Å². The molecule has 1 atom stereocenters. The van der Waals surface area contributed by atoms with Gasteiger partial charge in [0.1, 0.15) is 11.5 Å². The first-order valence-electron chi connectivity index (χ1n) is 7.69. The van der Waals surface area contributed by atoms with Gasteiger partial charge < -0.3 is 14.8 Å². The van der Waals surface area contributed by atoms with Crippen molar-refractivity contribution in [2.24, 2.45) is 0 Å². The lowest BCUT2D eigenvalue weighted by Crippen LogP contribution is -2.30. The van der Waals surface area contributed by atoms with E-state index in [1.165, 1.54) is 25.3 Å². The van der Waals surface area contributed by atoms with Gasteiger partial charge in [0.2, 0.25) is 0 Å². The number of rotatable bonds is 6. The largest absolute Gasteiger partial charge is 0.495 e. The van der Waals surface area contributed by atoms with Crippen molar-refractivity contribution in [2.45, 2.75) is 26.9 Å². The molecular weight excluding hydrogens is 324 g/mol. The number of nitrogens with one attached hydrogen (secondary N) is 1. The van der Waals surface area contributed by atoms with Crippen LogP contribution in [0, 0.1) is 24.0 Å². The molecule has 0 bridgehead atoms. The second-order valence-electron chi connectivity index (χ2n) is 5.59. The number of non-ortho nitro benzene ring substituents is 1. The number of anilines is 1. The van der Waals surface area contributed by atoms with Crippen LogP contribution < -0.4 is 14.8 Å². The first-order chi connectivity index (χ1) is 11.8. The molecule has 0 aliphatic carbocycles. The molecule has 25 heavy (non-hydrogen) atoms. The van der Waals surface area contributed by atoms with E-state index in [9.17, 15) is 14.9 Å². The van der Waals surface area contributed by atoms with E-state index in [1.54, 1.807) is 13.0 Å². The van der Waals surface area contributed by atoms with E-state index in [0.29, 0.717) is 11.5 Å². The van der Waals surface area contributed by atoms with Crippen molar-refractivity contribution in [3.8, 4) is 11.5 Å². The molecule has 0 aliphatic heterocycles. The number of aryl methyl sites for hydroxylation is 1. The number of nitrogens with zero attached hydrogens (tertiary/aromatic N) is 1. The molecule has 0 aromatic heterocycles. The van der Waals surface area contributed by atoms with Gasteiger partial charge in [-0.2, -0.15) is 0 Å². The van der Waals surface area contributed by atoms with Gasteiger partial charge in [-0.15, -0.1) is 0 Å². The smallest absolute Gasteiger partial charge is 0.271 e. The molecule has 2 aromatic carbocycles. The minimum atomic E-state index is -0.788. The molecule has 7 nitrogen and oxygen atoms in total. The molecule has 0 unspecified atom stereocenters. The molecule has 2 aromatic rings. The van der Waals surface area contributed by atoms with E-state index in [0.717, 1.165) is 11.1 Å². The molecule has 0 saturated carbocycles. The Bertz CT molecular complexity index is 804. The average molecular weight is 344 g/mol. The third-order valence-corrected chi connectivity index (χ3v) is 3.88. The first-order valence-corrected chi connectivity index (χ1v) is 7.69. The molecule has 2 rings (SSSR count). The molecule has 0 radical (unpaired) electrons. The number of carbonyl (C=O) groups is 1. The zero-order chi connectivity index (χ0) is 18.6. The van der Waals surface area contributed by atoms with E-state index in [4.69, 9.17) is 9.47 Å². The predicted molar refractivity (Wildman–Crippen MR) is 94.3 cm³/mol. The Morgan fingerprint density at radius 3 is 2.56 bits per heavy atom. The van der Waals surface area contributed by atoms with E-state index < -0.39 is 16.9 Å². The highest BCUT2D eigenvalue weighted by Crippen LogP contribution is 2.29. The van der Waals surface area contributed by atoms with Crippen molar-refractivity contribution < 1.29 is 19.2 Å². The number of nitro benzene ring substituents is 1. The van der Waals surface area contributed by atoms with Gasteiger partial charge in [-0.05, 0) is 44.0 Å². The fourth-order valence-electron chi connectivity index (χ4n) is 2.24. The monoisotopic (exact) mass is 344 g/mol. The Morgan fingerprint density at radius 2 is 1.92 bits per heavy atom. The molecule has 1 amide bonds. The summed E-state index contributed by atoms with van der Waals surface area (Å²) < 4.78 is 10.9. The average Bonchev–Trinajstić information content (AvgIpc) is 2.58. The highest BCUT2D eigenvalue weighted by atomic mass is 16.6. The van der Waals surface area contributed by atoms with Crippen molar-refractivity contribution >= 4 is 17.3 Å². The first kappa shape index (κ1) is 18.3.